The van der Waals surface area contributed by atoms with E-state index in [1.807, 2.05) is 24.3 Å². The molecule has 0 bridgehead atoms. The summed E-state index contributed by atoms with van der Waals surface area (Å²) < 4.78 is 19.3. The summed E-state index contributed by atoms with van der Waals surface area (Å²) in [6.45, 7) is 3.42. The van der Waals surface area contributed by atoms with Gasteiger partial charge < -0.3 is 10.1 Å². The number of rotatable bonds is 5. The number of nitrogens with zero attached hydrogens (tertiary/aromatic N) is 1. The zero-order valence-electron chi connectivity index (χ0n) is 15.6. The van der Waals surface area contributed by atoms with Crippen molar-refractivity contribution in [2.24, 2.45) is 5.92 Å². The Morgan fingerprint density at radius 2 is 1.71 bits per heavy atom. The van der Waals surface area contributed by atoms with Crippen LogP contribution in [0.25, 0.3) is 0 Å². The van der Waals surface area contributed by atoms with Crippen molar-refractivity contribution < 1.29 is 13.9 Å². The fraction of sp³-hybridized carbons (Fsp3) is 0.409. The second-order valence-electron chi connectivity index (χ2n) is 7.52. The highest BCUT2D eigenvalue weighted by Crippen LogP contribution is 2.26. The van der Waals surface area contributed by atoms with Crippen molar-refractivity contribution in [2.45, 2.75) is 25.0 Å². The molecule has 2 aromatic rings. The minimum Gasteiger partial charge on any atom is -0.487 e. The molecule has 2 saturated heterocycles. The number of hydrogen-bond donors (Lipinski definition) is 1. The lowest BCUT2D eigenvalue weighted by Gasteiger charge is -2.37. The summed E-state index contributed by atoms with van der Waals surface area (Å²) in [6, 6.07) is 13.6. The Hall–Kier alpha value is -1.95. The Kier molecular flexibility index (Phi) is 5.95. The van der Waals surface area contributed by atoms with E-state index < -0.39 is 0 Å². The van der Waals surface area contributed by atoms with Gasteiger partial charge in [-0.3, -0.25) is 9.69 Å². The summed E-state index contributed by atoms with van der Waals surface area (Å²) in [5.74, 6) is 0.640. The molecule has 1 N–H and O–H groups in total. The molecule has 0 spiro atoms. The van der Waals surface area contributed by atoms with E-state index in [1.54, 1.807) is 12.1 Å². The topological polar surface area (TPSA) is 41.6 Å². The molecule has 0 radical (unpaired) electrons. The van der Waals surface area contributed by atoms with Gasteiger partial charge in [0.2, 0.25) is 0 Å². The Morgan fingerprint density at radius 1 is 1.04 bits per heavy atom. The third-order valence-electron chi connectivity index (χ3n) is 5.73. The van der Waals surface area contributed by atoms with Gasteiger partial charge in [-0.05, 0) is 74.5 Å². The molecule has 28 heavy (non-hydrogen) atoms. The molecule has 6 heteroatoms. The first-order chi connectivity index (χ1) is 13.6. The molecule has 2 heterocycles. The van der Waals surface area contributed by atoms with E-state index >= 15 is 0 Å². The van der Waals surface area contributed by atoms with Crippen LogP contribution in [0.1, 0.15) is 23.2 Å². The number of hydrogen-bond acceptors (Lipinski definition) is 4. The van der Waals surface area contributed by atoms with Crippen molar-refractivity contribution in [1.82, 2.24) is 10.2 Å². The first kappa shape index (κ1) is 19.4. The molecule has 2 aliphatic heterocycles. The maximum Gasteiger partial charge on any atom is 0.166 e. The predicted octanol–water partition coefficient (Wildman–Crippen LogP) is 3.79. The molecule has 2 fully saturated rings. The van der Waals surface area contributed by atoms with Crippen LogP contribution < -0.4 is 10.1 Å². The summed E-state index contributed by atoms with van der Waals surface area (Å²) in [7, 11) is 0. The van der Waals surface area contributed by atoms with Crippen molar-refractivity contribution in [3.63, 3.8) is 0 Å². The van der Waals surface area contributed by atoms with Crippen molar-refractivity contribution >= 4 is 17.4 Å². The third-order valence-corrected chi connectivity index (χ3v) is 5.98. The van der Waals surface area contributed by atoms with Crippen LogP contribution in [0.4, 0.5) is 4.39 Å². The van der Waals surface area contributed by atoms with E-state index in [2.05, 4.69) is 10.2 Å². The van der Waals surface area contributed by atoms with Crippen molar-refractivity contribution in [3.05, 3.63) is 64.9 Å². The predicted molar refractivity (Wildman–Crippen MR) is 108 cm³/mol. The van der Waals surface area contributed by atoms with Gasteiger partial charge in [0.1, 0.15) is 17.7 Å². The summed E-state index contributed by atoms with van der Waals surface area (Å²) >= 11 is 5.95. The van der Waals surface area contributed by atoms with Gasteiger partial charge in [0.25, 0.3) is 0 Å². The zero-order valence-corrected chi connectivity index (χ0v) is 16.4. The van der Waals surface area contributed by atoms with E-state index in [9.17, 15) is 9.18 Å². The number of ketones is 1. The van der Waals surface area contributed by atoms with E-state index in [0.29, 0.717) is 10.6 Å². The lowest BCUT2D eigenvalue weighted by molar-refractivity contribution is 0.0620. The normalized spacial score (nSPS) is 23.6. The van der Waals surface area contributed by atoms with Gasteiger partial charge in [0.05, 0.1) is 6.04 Å². The molecule has 2 aliphatic rings. The van der Waals surface area contributed by atoms with Crippen LogP contribution >= 0.6 is 11.6 Å². The maximum atomic E-state index is 13.1. The molecule has 2 aromatic carbocycles. The van der Waals surface area contributed by atoms with Crippen molar-refractivity contribution in [3.8, 4) is 5.75 Å². The van der Waals surface area contributed by atoms with Gasteiger partial charge in [-0.2, -0.15) is 0 Å². The van der Waals surface area contributed by atoms with Crippen LogP contribution in [0.2, 0.25) is 5.02 Å². The number of benzene rings is 2. The number of likely N-dealkylation sites (tertiary alicyclic amines) is 1. The highest BCUT2D eigenvalue weighted by Gasteiger charge is 2.36. The van der Waals surface area contributed by atoms with Crippen molar-refractivity contribution in [1.29, 1.82) is 0 Å². The molecule has 0 aromatic heterocycles. The minimum absolute atomic E-state index is 0.00621. The third kappa shape index (κ3) is 4.37. The first-order valence-electron chi connectivity index (χ1n) is 9.77. The molecule has 4 rings (SSSR count). The van der Waals surface area contributed by atoms with Crippen LogP contribution in [0.15, 0.2) is 48.5 Å². The monoisotopic (exact) mass is 402 g/mol. The zero-order chi connectivity index (χ0) is 19.5. The quantitative estimate of drug-likeness (QED) is 0.772. The summed E-state index contributed by atoms with van der Waals surface area (Å²) in [5, 5.41) is 4.12. The van der Waals surface area contributed by atoms with E-state index in [1.165, 1.54) is 12.1 Å². The van der Waals surface area contributed by atoms with E-state index in [-0.39, 0.29) is 29.7 Å². The number of carbonyl (C=O) groups is 1. The largest absolute Gasteiger partial charge is 0.487 e. The Morgan fingerprint density at radius 3 is 2.39 bits per heavy atom. The van der Waals surface area contributed by atoms with Crippen LogP contribution in [0, 0.1) is 11.7 Å². The second kappa shape index (κ2) is 8.60. The highest BCUT2D eigenvalue weighted by molar-refractivity contribution is 6.30. The summed E-state index contributed by atoms with van der Waals surface area (Å²) in [6.07, 6.45) is 1.71. The second-order valence-corrected chi connectivity index (χ2v) is 7.95. The maximum absolute atomic E-state index is 13.1. The average Bonchev–Trinajstić information content (AvgIpc) is 3.18. The van der Waals surface area contributed by atoms with Gasteiger partial charge in [0.15, 0.2) is 5.78 Å². The molecule has 148 valence electrons. The fourth-order valence-electron chi connectivity index (χ4n) is 4.16. The average molecular weight is 403 g/mol. The molecule has 0 amide bonds. The Bertz CT molecular complexity index is 804. The molecule has 0 saturated carbocycles. The van der Waals surface area contributed by atoms with Gasteiger partial charge >= 0.3 is 0 Å². The molecule has 0 aliphatic carbocycles. The lowest BCUT2D eigenvalue weighted by atomic mass is 9.88. The van der Waals surface area contributed by atoms with Crippen molar-refractivity contribution in [2.75, 3.05) is 26.2 Å². The Balaban J connectivity index is 1.34. The summed E-state index contributed by atoms with van der Waals surface area (Å²) in [5.41, 5.74) is 0.603. The molecular formula is C22H24ClFN2O2. The standard InChI is InChI=1S/C22H24ClFN2O2/c23-17-3-7-19(8-4-17)28-21-14-25-13-20(21)26-11-9-16(10-12-26)22(27)15-1-5-18(24)6-2-15/h1-8,16,20-21,25H,9-14H2/t20-,21?/m0/s1. The number of carbonyl (C=O) groups excluding carboxylic acids is 1. The molecule has 4 nitrogen and oxygen atoms in total. The number of Topliss-reactive ketones (excluding diaryl/α,β-unsaturated/α-hetero) is 1. The van der Waals surface area contributed by atoms with Crippen LogP contribution in [0.3, 0.4) is 0 Å². The number of nitrogens with one attached hydrogen (secondary N) is 1. The van der Waals surface area contributed by atoms with Crippen LogP contribution in [-0.2, 0) is 0 Å². The fourth-order valence-corrected chi connectivity index (χ4v) is 4.28. The van der Waals surface area contributed by atoms with Gasteiger partial charge in [-0.25, -0.2) is 4.39 Å². The van der Waals surface area contributed by atoms with Gasteiger partial charge in [0, 0.05) is 29.6 Å². The van der Waals surface area contributed by atoms with E-state index in [4.69, 9.17) is 16.3 Å². The van der Waals surface area contributed by atoms with Crippen LogP contribution in [-0.4, -0.2) is 49.0 Å². The molecule has 1 unspecified atom stereocenters. The first-order valence-corrected chi connectivity index (χ1v) is 10.1. The lowest BCUT2D eigenvalue weighted by Crippen LogP contribution is -2.49. The summed E-state index contributed by atoms with van der Waals surface area (Å²) in [4.78, 5) is 15.1. The molecule has 2 atom stereocenters. The highest BCUT2D eigenvalue weighted by atomic mass is 35.5. The number of halogens is 2. The SMILES string of the molecule is O=C(c1ccc(F)cc1)C1CCN([C@H]2CNCC2Oc2ccc(Cl)cc2)CC1. The van der Waals surface area contributed by atoms with Gasteiger partial charge in [-0.1, -0.05) is 11.6 Å². The minimum atomic E-state index is -0.313. The number of ether oxygens (including phenoxy) is 1. The Labute approximate surface area is 169 Å². The smallest absolute Gasteiger partial charge is 0.166 e. The van der Waals surface area contributed by atoms with E-state index in [0.717, 1.165) is 44.8 Å². The van der Waals surface area contributed by atoms with Gasteiger partial charge in [-0.15, -0.1) is 0 Å². The number of piperidine rings is 1. The molecular weight excluding hydrogens is 379 g/mol. The van der Waals surface area contributed by atoms with Crippen LogP contribution in [0.5, 0.6) is 5.75 Å².